The zero-order chi connectivity index (χ0) is 19.5. The highest BCUT2D eigenvalue weighted by Gasteiger charge is 2.25. The number of nitrogens with zero attached hydrogens (tertiary/aromatic N) is 2. The van der Waals surface area contributed by atoms with Crippen LogP contribution in [0.3, 0.4) is 0 Å². The molecule has 0 aliphatic heterocycles. The van der Waals surface area contributed by atoms with Crippen molar-refractivity contribution in [1.82, 2.24) is 0 Å². The van der Waals surface area contributed by atoms with Crippen LogP contribution in [0.25, 0.3) is 11.1 Å². The van der Waals surface area contributed by atoms with Gasteiger partial charge in [0, 0.05) is 11.1 Å². The Morgan fingerprint density at radius 1 is 1.12 bits per heavy atom. The number of nitrogens with two attached hydrogens (primary N) is 1. The maximum absolute atomic E-state index is 11.9. The van der Waals surface area contributed by atoms with Gasteiger partial charge in [-0.25, -0.2) is 0 Å². The van der Waals surface area contributed by atoms with Gasteiger partial charge in [-0.05, 0) is 37.6 Å². The third-order valence-corrected chi connectivity index (χ3v) is 4.22. The predicted molar refractivity (Wildman–Crippen MR) is 96.9 cm³/mol. The van der Waals surface area contributed by atoms with E-state index in [0.717, 1.165) is 0 Å². The molecule has 0 aliphatic rings. The van der Waals surface area contributed by atoms with E-state index in [1.807, 2.05) is 0 Å². The van der Waals surface area contributed by atoms with E-state index >= 15 is 0 Å². The predicted octanol–water partition coefficient (Wildman–Crippen LogP) is 3.14. The summed E-state index contributed by atoms with van der Waals surface area (Å²) in [5.41, 5.74) is 6.85. The van der Waals surface area contributed by atoms with Gasteiger partial charge in [-0.15, -0.1) is 0 Å². The van der Waals surface area contributed by atoms with Gasteiger partial charge in [-0.1, -0.05) is 12.1 Å². The molecule has 0 aromatic heterocycles. The first-order valence-corrected chi connectivity index (χ1v) is 7.81. The normalized spacial score (nSPS) is 10.5. The molecule has 0 heterocycles. The quantitative estimate of drug-likeness (QED) is 0.892. The van der Waals surface area contributed by atoms with E-state index in [0.29, 0.717) is 33.8 Å². The first-order valence-electron chi connectivity index (χ1n) is 7.81. The summed E-state index contributed by atoms with van der Waals surface area (Å²) in [6.45, 7) is 3.54. The molecule has 6 heteroatoms. The fraction of sp³-hybridized carbons (Fsp3) is 0.250. The van der Waals surface area contributed by atoms with Crippen molar-refractivity contribution in [2.75, 3.05) is 14.2 Å². The summed E-state index contributed by atoms with van der Waals surface area (Å²) >= 11 is 0. The molecule has 0 unspecified atom stereocenters. The lowest BCUT2D eigenvalue weighted by atomic mass is 9.83. The molecule has 0 fully saturated rings. The van der Waals surface area contributed by atoms with Gasteiger partial charge >= 0.3 is 0 Å². The van der Waals surface area contributed by atoms with Gasteiger partial charge in [-0.3, -0.25) is 4.79 Å². The van der Waals surface area contributed by atoms with Crippen LogP contribution in [0.1, 0.15) is 35.3 Å². The van der Waals surface area contributed by atoms with Crippen LogP contribution in [0.4, 0.5) is 0 Å². The smallest absolute Gasteiger partial charge is 0.249 e. The standard InChI is InChI=1S/C20H19N3O3/c1-20(2,11-22)13-5-6-14(12(9-13)10-21)17-15(19(23)24)7-8-16(25-3)18(17)26-4/h5-9H,1-4H3,(H2,23,24). The minimum absolute atomic E-state index is 0.214. The molecule has 26 heavy (non-hydrogen) atoms. The Kier molecular flexibility index (Phi) is 5.19. The van der Waals surface area contributed by atoms with Crippen molar-refractivity contribution in [3.8, 4) is 34.8 Å². The van der Waals surface area contributed by atoms with Gasteiger partial charge in [0.2, 0.25) is 5.91 Å². The van der Waals surface area contributed by atoms with Crippen molar-refractivity contribution in [3.05, 3.63) is 47.0 Å². The van der Waals surface area contributed by atoms with Crippen LogP contribution < -0.4 is 15.2 Å². The number of rotatable bonds is 5. The van der Waals surface area contributed by atoms with E-state index in [-0.39, 0.29) is 5.56 Å². The molecule has 0 spiro atoms. The number of carbonyl (C=O) groups excluding carboxylic acids is 1. The van der Waals surface area contributed by atoms with Gasteiger partial charge < -0.3 is 15.2 Å². The Balaban J connectivity index is 2.86. The molecule has 0 saturated heterocycles. The van der Waals surface area contributed by atoms with E-state index in [1.54, 1.807) is 38.1 Å². The van der Waals surface area contributed by atoms with Gasteiger partial charge in [0.1, 0.15) is 0 Å². The van der Waals surface area contributed by atoms with Crippen molar-refractivity contribution < 1.29 is 14.3 Å². The molecule has 0 aliphatic carbocycles. The summed E-state index contributed by atoms with van der Waals surface area (Å²) in [4.78, 5) is 11.9. The van der Waals surface area contributed by atoms with Crippen LogP contribution in [0.2, 0.25) is 0 Å². The maximum Gasteiger partial charge on any atom is 0.249 e. The van der Waals surface area contributed by atoms with Crippen LogP contribution >= 0.6 is 0 Å². The lowest BCUT2D eigenvalue weighted by Gasteiger charge is -2.20. The van der Waals surface area contributed by atoms with Gasteiger partial charge in [-0.2, -0.15) is 10.5 Å². The molecule has 0 radical (unpaired) electrons. The monoisotopic (exact) mass is 349 g/mol. The molecule has 0 atom stereocenters. The average molecular weight is 349 g/mol. The number of ether oxygens (including phenoxy) is 2. The summed E-state index contributed by atoms with van der Waals surface area (Å²) in [6.07, 6.45) is 0. The van der Waals surface area contributed by atoms with E-state index in [9.17, 15) is 15.3 Å². The Bertz CT molecular complexity index is 950. The van der Waals surface area contributed by atoms with E-state index in [4.69, 9.17) is 15.2 Å². The minimum Gasteiger partial charge on any atom is -0.493 e. The summed E-state index contributed by atoms with van der Waals surface area (Å²) in [7, 11) is 2.93. The Morgan fingerprint density at radius 2 is 1.81 bits per heavy atom. The lowest BCUT2D eigenvalue weighted by molar-refractivity contribution is 0.100. The van der Waals surface area contributed by atoms with Crippen LogP contribution in [-0.2, 0) is 5.41 Å². The molecule has 2 aromatic carbocycles. The first-order chi connectivity index (χ1) is 12.3. The second-order valence-corrected chi connectivity index (χ2v) is 6.20. The van der Waals surface area contributed by atoms with Crippen LogP contribution in [0.5, 0.6) is 11.5 Å². The van der Waals surface area contributed by atoms with E-state index < -0.39 is 11.3 Å². The number of primary amides is 1. The number of carbonyl (C=O) groups is 1. The highest BCUT2D eigenvalue weighted by Crippen LogP contribution is 2.42. The third-order valence-electron chi connectivity index (χ3n) is 4.22. The average Bonchev–Trinajstić information content (AvgIpc) is 2.65. The topological polar surface area (TPSA) is 109 Å². The number of nitriles is 2. The van der Waals surface area contributed by atoms with Crippen molar-refractivity contribution >= 4 is 5.91 Å². The van der Waals surface area contributed by atoms with Gasteiger partial charge in [0.05, 0.1) is 42.9 Å². The summed E-state index contributed by atoms with van der Waals surface area (Å²) in [5.74, 6) is 0.0803. The zero-order valence-corrected chi connectivity index (χ0v) is 15.1. The van der Waals surface area contributed by atoms with E-state index in [2.05, 4.69) is 12.1 Å². The second-order valence-electron chi connectivity index (χ2n) is 6.20. The highest BCUT2D eigenvalue weighted by atomic mass is 16.5. The fourth-order valence-electron chi connectivity index (χ4n) is 2.71. The molecular weight excluding hydrogens is 330 g/mol. The Labute approximate surface area is 152 Å². The maximum atomic E-state index is 11.9. The summed E-state index contributed by atoms with van der Waals surface area (Å²) in [6, 6.07) is 12.5. The van der Waals surface area contributed by atoms with Crippen LogP contribution in [0.15, 0.2) is 30.3 Å². The Hall–Kier alpha value is -3.51. The molecule has 2 rings (SSSR count). The molecule has 6 nitrogen and oxygen atoms in total. The molecule has 0 bridgehead atoms. The number of methoxy groups -OCH3 is 2. The highest BCUT2D eigenvalue weighted by molar-refractivity contribution is 6.03. The van der Waals surface area contributed by atoms with Crippen LogP contribution in [-0.4, -0.2) is 20.1 Å². The van der Waals surface area contributed by atoms with Crippen molar-refractivity contribution in [3.63, 3.8) is 0 Å². The number of benzene rings is 2. The molecule has 2 N–H and O–H groups in total. The minimum atomic E-state index is -0.755. The van der Waals surface area contributed by atoms with Gasteiger partial charge in [0.15, 0.2) is 11.5 Å². The fourth-order valence-corrected chi connectivity index (χ4v) is 2.71. The number of hydrogen-bond donors (Lipinski definition) is 1. The second kappa shape index (κ2) is 7.16. The number of hydrogen-bond acceptors (Lipinski definition) is 5. The summed E-state index contributed by atoms with van der Waals surface area (Å²) in [5, 5.41) is 19.0. The van der Waals surface area contributed by atoms with Crippen LogP contribution in [0, 0.1) is 22.7 Å². The SMILES string of the molecule is COc1ccc(C(N)=O)c(-c2ccc(C(C)(C)C#N)cc2C#N)c1OC. The molecule has 1 amide bonds. The molecule has 132 valence electrons. The van der Waals surface area contributed by atoms with Crippen molar-refractivity contribution in [1.29, 1.82) is 10.5 Å². The van der Waals surface area contributed by atoms with Crippen molar-refractivity contribution in [2.24, 2.45) is 5.73 Å². The van der Waals surface area contributed by atoms with Gasteiger partial charge in [0.25, 0.3) is 0 Å². The zero-order valence-electron chi connectivity index (χ0n) is 15.1. The first kappa shape index (κ1) is 18.8. The largest absolute Gasteiger partial charge is 0.493 e. The van der Waals surface area contributed by atoms with Crippen molar-refractivity contribution in [2.45, 2.75) is 19.3 Å². The Morgan fingerprint density at radius 3 is 2.31 bits per heavy atom. The molecule has 0 saturated carbocycles. The molecular formula is C20H19N3O3. The molecule has 2 aromatic rings. The van der Waals surface area contributed by atoms with E-state index in [1.165, 1.54) is 20.3 Å². The lowest BCUT2D eigenvalue weighted by Crippen LogP contribution is -2.15. The third kappa shape index (κ3) is 3.18. The summed E-state index contributed by atoms with van der Waals surface area (Å²) < 4.78 is 10.7. The number of amides is 1.